The number of likely N-dealkylation sites (tertiary alicyclic amines) is 1. The number of amides is 1. The fourth-order valence-corrected chi connectivity index (χ4v) is 3.19. The molecule has 0 aromatic carbocycles. The maximum Gasteiger partial charge on any atom is 0.222 e. The molecule has 2 fully saturated rings. The van der Waals surface area contributed by atoms with Crippen molar-refractivity contribution >= 4 is 5.91 Å². The second-order valence-corrected chi connectivity index (χ2v) is 5.88. The highest BCUT2D eigenvalue weighted by molar-refractivity contribution is 5.77. The minimum Gasteiger partial charge on any atom is -0.382 e. The van der Waals surface area contributed by atoms with E-state index in [0.717, 1.165) is 58.6 Å². The van der Waals surface area contributed by atoms with Crippen molar-refractivity contribution in [1.29, 1.82) is 0 Å². The van der Waals surface area contributed by atoms with Crippen molar-refractivity contribution in [3.05, 3.63) is 0 Å². The Morgan fingerprint density at radius 3 is 2.89 bits per heavy atom. The maximum atomic E-state index is 11.8. The summed E-state index contributed by atoms with van der Waals surface area (Å²) in [6.07, 6.45) is 4.96. The average Bonchev–Trinajstić information content (AvgIpc) is 2.37. The minimum absolute atomic E-state index is 0.0292. The normalized spacial score (nSPS) is 25.4. The second kappa shape index (κ2) is 6.71. The van der Waals surface area contributed by atoms with Crippen LogP contribution in [0.15, 0.2) is 0 Å². The molecule has 4 heteroatoms. The smallest absolute Gasteiger partial charge is 0.222 e. The second-order valence-electron chi connectivity index (χ2n) is 5.88. The summed E-state index contributed by atoms with van der Waals surface area (Å²) in [7, 11) is 0. The Bertz CT molecular complexity index is 300. The van der Waals surface area contributed by atoms with Crippen LogP contribution in [0.2, 0.25) is 0 Å². The van der Waals surface area contributed by atoms with Crippen molar-refractivity contribution in [2.45, 2.75) is 51.6 Å². The molecule has 0 radical (unpaired) electrons. The van der Waals surface area contributed by atoms with Crippen LogP contribution in [0.4, 0.5) is 0 Å². The van der Waals surface area contributed by atoms with Crippen LogP contribution >= 0.6 is 0 Å². The van der Waals surface area contributed by atoms with Gasteiger partial charge in [0.1, 0.15) is 5.60 Å². The molecular formula is C15H27NO3. The highest BCUT2D eigenvalue weighted by Gasteiger charge is 2.48. The third-order valence-electron chi connectivity index (χ3n) is 4.24. The number of rotatable bonds is 6. The first-order chi connectivity index (χ1) is 9.19. The van der Waals surface area contributed by atoms with Crippen molar-refractivity contribution in [3.63, 3.8) is 0 Å². The first-order valence-electron chi connectivity index (χ1n) is 7.68. The Morgan fingerprint density at radius 2 is 2.21 bits per heavy atom. The summed E-state index contributed by atoms with van der Waals surface area (Å²) in [6, 6.07) is 0. The molecule has 1 atom stereocenters. The van der Waals surface area contributed by atoms with Crippen molar-refractivity contribution in [3.8, 4) is 0 Å². The zero-order valence-electron chi connectivity index (χ0n) is 12.3. The number of hydrogen-bond donors (Lipinski definition) is 0. The largest absolute Gasteiger partial charge is 0.382 e. The first-order valence-corrected chi connectivity index (χ1v) is 7.68. The quantitative estimate of drug-likeness (QED) is 0.694. The first kappa shape index (κ1) is 14.8. The Hall–Kier alpha value is -0.610. The molecule has 2 rings (SSSR count). The molecule has 0 aromatic heterocycles. The van der Waals surface area contributed by atoms with Crippen LogP contribution in [0.25, 0.3) is 0 Å². The van der Waals surface area contributed by atoms with Gasteiger partial charge in [0.15, 0.2) is 0 Å². The molecule has 4 nitrogen and oxygen atoms in total. The average molecular weight is 269 g/mol. The number of carbonyl (C=O) groups is 1. The van der Waals surface area contributed by atoms with E-state index < -0.39 is 0 Å². The van der Waals surface area contributed by atoms with Crippen LogP contribution in [0.3, 0.4) is 0 Å². The summed E-state index contributed by atoms with van der Waals surface area (Å²) in [4.78, 5) is 13.7. The lowest BCUT2D eigenvalue weighted by Crippen LogP contribution is -2.66. The third-order valence-corrected chi connectivity index (χ3v) is 4.24. The number of carbonyl (C=O) groups excluding carboxylic acids is 1. The highest BCUT2D eigenvalue weighted by atomic mass is 16.5. The van der Waals surface area contributed by atoms with Crippen LogP contribution in [-0.2, 0) is 14.3 Å². The van der Waals surface area contributed by atoms with Gasteiger partial charge in [0.05, 0.1) is 13.1 Å². The summed E-state index contributed by atoms with van der Waals surface area (Å²) >= 11 is 0. The van der Waals surface area contributed by atoms with Gasteiger partial charge in [-0.15, -0.1) is 0 Å². The zero-order valence-corrected chi connectivity index (χ0v) is 12.3. The Labute approximate surface area is 116 Å². The summed E-state index contributed by atoms with van der Waals surface area (Å²) < 4.78 is 11.4. The SMILES string of the molecule is CCCC(=O)N1CC2(CC(CCOCC)CCO2)C1. The van der Waals surface area contributed by atoms with E-state index in [0.29, 0.717) is 12.3 Å². The van der Waals surface area contributed by atoms with Gasteiger partial charge in [0.2, 0.25) is 5.91 Å². The van der Waals surface area contributed by atoms with E-state index in [1.54, 1.807) is 0 Å². The van der Waals surface area contributed by atoms with Crippen LogP contribution in [0.5, 0.6) is 0 Å². The van der Waals surface area contributed by atoms with E-state index in [2.05, 4.69) is 0 Å². The molecule has 1 unspecified atom stereocenters. The lowest BCUT2D eigenvalue weighted by molar-refractivity contribution is -0.189. The van der Waals surface area contributed by atoms with Crippen LogP contribution < -0.4 is 0 Å². The molecule has 110 valence electrons. The summed E-state index contributed by atoms with van der Waals surface area (Å²) in [5.74, 6) is 0.983. The van der Waals surface area contributed by atoms with Gasteiger partial charge in [-0.3, -0.25) is 4.79 Å². The van der Waals surface area contributed by atoms with Gasteiger partial charge >= 0.3 is 0 Å². The number of hydrogen-bond acceptors (Lipinski definition) is 3. The summed E-state index contributed by atoms with van der Waals surface area (Å²) in [5.41, 5.74) is -0.0292. The van der Waals surface area contributed by atoms with E-state index in [9.17, 15) is 4.79 Å². The van der Waals surface area contributed by atoms with Gasteiger partial charge in [-0.1, -0.05) is 6.92 Å². The van der Waals surface area contributed by atoms with Gasteiger partial charge in [0.25, 0.3) is 0 Å². The molecule has 0 aliphatic carbocycles. The molecule has 0 N–H and O–H groups in total. The van der Waals surface area contributed by atoms with Crippen molar-refractivity contribution in [2.24, 2.45) is 5.92 Å². The maximum absolute atomic E-state index is 11.8. The lowest BCUT2D eigenvalue weighted by atomic mass is 9.79. The lowest BCUT2D eigenvalue weighted by Gasteiger charge is -2.53. The van der Waals surface area contributed by atoms with Gasteiger partial charge in [-0.05, 0) is 38.5 Å². The van der Waals surface area contributed by atoms with Crippen LogP contribution in [0, 0.1) is 5.92 Å². The van der Waals surface area contributed by atoms with E-state index in [4.69, 9.17) is 9.47 Å². The Balaban J connectivity index is 1.74. The zero-order chi connectivity index (χ0) is 13.7. The van der Waals surface area contributed by atoms with Crippen LogP contribution in [0.1, 0.15) is 46.0 Å². The molecule has 2 aliphatic heterocycles. The molecule has 2 saturated heterocycles. The summed E-state index contributed by atoms with van der Waals surface area (Å²) in [5, 5.41) is 0. The van der Waals surface area contributed by atoms with E-state index in [1.807, 2.05) is 18.7 Å². The number of ether oxygens (including phenoxy) is 2. The molecule has 2 heterocycles. The van der Waals surface area contributed by atoms with Crippen molar-refractivity contribution in [1.82, 2.24) is 4.90 Å². The molecule has 1 amide bonds. The Kier molecular flexibility index (Phi) is 5.22. The van der Waals surface area contributed by atoms with Gasteiger partial charge < -0.3 is 14.4 Å². The van der Waals surface area contributed by atoms with Crippen LogP contribution in [-0.4, -0.2) is 49.3 Å². The van der Waals surface area contributed by atoms with Crippen molar-refractivity contribution in [2.75, 3.05) is 32.9 Å². The molecular weight excluding hydrogens is 242 g/mol. The predicted molar refractivity (Wildman–Crippen MR) is 74.0 cm³/mol. The number of nitrogens with zero attached hydrogens (tertiary/aromatic N) is 1. The highest BCUT2D eigenvalue weighted by Crippen LogP contribution is 2.38. The fourth-order valence-electron chi connectivity index (χ4n) is 3.19. The molecule has 0 bridgehead atoms. The standard InChI is InChI=1S/C15H27NO3/c1-3-5-14(17)16-11-15(12-16)10-13(7-9-19-15)6-8-18-4-2/h13H,3-12H2,1-2H3. The van der Waals surface area contributed by atoms with E-state index >= 15 is 0 Å². The molecule has 19 heavy (non-hydrogen) atoms. The molecule has 0 aromatic rings. The van der Waals surface area contributed by atoms with Gasteiger partial charge in [0, 0.05) is 26.2 Å². The topological polar surface area (TPSA) is 38.8 Å². The predicted octanol–water partition coefficient (Wildman–Crippen LogP) is 2.22. The Morgan fingerprint density at radius 1 is 1.42 bits per heavy atom. The molecule has 0 saturated carbocycles. The van der Waals surface area contributed by atoms with E-state index in [-0.39, 0.29) is 11.5 Å². The third kappa shape index (κ3) is 3.69. The minimum atomic E-state index is -0.0292. The monoisotopic (exact) mass is 269 g/mol. The molecule has 1 spiro atoms. The van der Waals surface area contributed by atoms with Gasteiger partial charge in [-0.2, -0.15) is 0 Å². The van der Waals surface area contributed by atoms with Gasteiger partial charge in [-0.25, -0.2) is 0 Å². The van der Waals surface area contributed by atoms with E-state index in [1.165, 1.54) is 0 Å². The fraction of sp³-hybridized carbons (Fsp3) is 0.933. The molecule has 2 aliphatic rings. The summed E-state index contributed by atoms with van der Waals surface area (Å²) in [6.45, 7) is 8.19. The van der Waals surface area contributed by atoms with Crippen molar-refractivity contribution < 1.29 is 14.3 Å².